The molecular weight excluding hydrogens is 214 g/mol. The van der Waals surface area contributed by atoms with E-state index in [4.69, 9.17) is 4.74 Å². The van der Waals surface area contributed by atoms with Crippen LogP contribution in [0.4, 0.5) is 0 Å². The van der Waals surface area contributed by atoms with Gasteiger partial charge in [0.25, 0.3) is 0 Å². The van der Waals surface area contributed by atoms with Gasteiger partial charge in [-0.25, -0.2) is 4.79 Å². The van der Waals surface area contributed by atoms with Crippen LogP contribution in [0.15, 0.2) is 35.3 Å². The quantitative estimate of drug-likeness (QED) is 0.559. The Morgan fingerprint density at radius 3 is 2.59 bits per heavy atom. The maximum atomic E-state index is 11.5. The Labute approximate surface area is 103 Å². The molecule has 0 radical (unpaired) electrons. The molecule has 0 amide bonds. The first-order valence-electron chi connectivity index (χ1n) is 5.93. The van der Waals surface area contributed by atoms with Gasteiger partial charge in [0, 0.05) is 0 Å². The second kappa shape index (κ2) is 7.60. The van der Waals surface area contributed by atoms with E-state index in [0.717, 1.165) is 18.4 Å². The van der Waals surface area contributed by atoms with Gasteiger partial charge in [0.05, 0.1) is 13.7 Å². The van der Waals surface area contributed by atoms with Crippen molar-refractivity contribution in [3.63, 3.8) is 0 Å². The van der Waals surface area contributed by atoms with Crippen molar-refractivity contribution < 1.29 is 9.53 Å². The minimum atomic E-state index is -0.311. The summed E-state index contributed by atoms with van der Waals surface area (Å²) in [5.41, 5.74) is 1.64. The SMILES string of the molecule is CCCCC(=NCc1ccccc1)C(=O)OC. The van der Waals surface area contributed by atoms with Crippen LogP contribution in [0, 0.1) is 0 Å². The minimum Gasteiger partial charge on any atom is -0.465 e. The van der Waals surface area contributed by atoms with Crippen LogP contribution >= 0.6 is 0 Å². The molecule has 0 N–H and O–H groups in total. The number of hydrogen-bond donors (Lipinski definition) is 0. The molecule has 1 aromatic rings. The van der Waals surface area contributed by atoms with Crippen molar-refractivity contribution in [2.45, 2.75) is 32.7 Å². The lowest BCUT2D eigenvalue weighted by atomic mass is 10.1. The summed E-state index contributed by atoms with van der Waals surface area (Å²) in [4.78, 5) is 15.8. The normalized spacial score (nSPS) is 11.3. The Bertz CT molecular complexity index is 371. The monoisotopic (exact) mass is 233 g/mol. The molecule has 92 valence electrons. The van der Waals surface area contributed by atoms with Crippen LogP contribution in [-0.4, -0.2) is 18.8 Å². The Morgan fingerprint density at radius 2 is 2.00 bits per heavy atom. The highest BCUT2D eigenvalue weighted by molar-refractivity contribution is 6.36. The van der Waals surface area contributed by atoms with Crippen molar-refractivity contribution >= 4 is 11.7 Å². The predicted molar refractivity (Wildman–Crippen MR) is 69.1 cm³/mol. The molecule has 0 fully saturated rings. The Kier molecular flexibility index (Phi) is 6.00. The molecule has 0 aliphatic carbocycles. The summed E-state index contributed by atoms with van der Waals surface area (Å²) >= 11 is 0. The molecule has 0 saturated heterocycles. The summed E-state index contributed by atoms with van der Waals surface area (Å²) in [6.45, 7) is 2.63. The van der Waals surface area contributed by atoms with E-state index in [1.54, 1.807) is 0 Å². The number of carbonyl (C=O) groups excluding carboxylic acids is 1. The molecule has 1 aromatic carbocycles. The number of aliphatic imine (C=N–C) groups is 1. The molecule has 0 bridgehead atoms. The summed E-state index contributed by atoms with van der Waals surface area (Å²) in [5, 5.41) is 0. The maximum Gasteiger partial charge on any atom is 0.351 e. The number of esters is 1. The van der Waals surface area contributed by atoms with Crippen LogP contribution in [-0.2, 0) is 16.1 Å². The zero-order chi connectivity index (χ0) is 12.5. The summed E-state index contributed by atoms with van der Waals surface area (Å²) in [7, 11) is 1.40. The highest BCUT2D eigenvalue weighted by atomic mass is 16.5. The van der Waals surface area contributed by atoms with Gasteiger partial charge in [-0.05, 0) is 18.4 Å². The Morgan fingerprint density at radius 1 is 1.29 bits per heavy atom. The van der Waals surface area contributed by atoms with Crippen molar-refractivity contribution in [1.29, 1.82) is 0 Å². The molecule has 17 heavy (non-hydrogen) atoms. The lowest BCUT2D eigenvalue weighted by molar-refractivity contribution is -0.132. The summed E-state index contributed by atoms with van der Waals surface area (Å²) in [5.74, 6) is -0.311. The Hall–Kier alpha value is -1.64. The molecule has 3 heteroatoms. The van der Waals surface area contributed by atoms with Gasteiger partial charge >= 0.3 is 5.97 Å². The fourth-order valence-electron chi connectivity index (χ4n) is 1.48. The van der Waals surface area contributed by atoms with Gasteiger partial charge in [0.1, 0.15) is 5.71 Å². The molecule has 0 atom stereocenters. The standard InChI is InChI=1S/C14H19NO2/c1-3-4-10-13(14(16)17-2)15-11-12-8-6-5-7-9-12/h5-9H,3-4,10-11H2,1-2H3. The van der Waals surface area contributed by atoms with E-state index in [1.165, 1.54) is 7.11 Å². The predicted octanol–water partition coefficient (Wildman–Crippen LogP) is 2.99. The zero-order valence-corrected chi connectivity index (χ0v) is 10.5. The average molecular weight is 233 g/mol. The van der Waals surface area contributed by atoms with E-state index in [0.29, 0.717) is 18.7 Å². The third kappa shape index (κ3) is 4.81. The molecule has 1 rings (SSSR count). The molecular formula is C14H19NO2. The fraction of sp³-hybridized carbons (Fsp3) is 0.429. The highest BCUT2D eigenvalue weighted by Gasteiger charge is 2.10. The van der Waals surface area contributed by atoms with E-state index in [1.807, 2.05) is 30.3 Å². The number of benzene rings is 1. The van der Waals surface area contributed by atoms with Crippen LogP contribution in [0.2, 0.25) is 0 Å². The number of nitrogens with zero attached hydrogens (tertiary/aromatic N) is 1. The van der Waals surface area contributed by atoms with E-state index >= 15 is 0 Å². The second-order valence-electron chi connectivity index (χ2n) is 3.84. The summed E-state index contributed by atoms with van der Waals surface area (Å²) in [6, 6.07) is 9.89. The summed E-state index contributed by atoms with van der Waals surface area (Å²) < 4.78 is 4.73. The topological polar surface area (TPSA) is 38.7 Å². The van der Waals surface area contributed by atoms with Crippen molar-refractivity contribution in [3.8, 4) is 0 Å². The van der Waals surface area contributed by atoms with Crippen LogP contribution in [0.1, 0.15) is 31.7 Å². The number of rotatable bonds is 6. The number of unbranched alkanes of at least 4 members (excludes halogenated alkanes) is 1. The maximum absolute atomic E-state index is 11.5. The van der Waals surface area contributed by atoms with Gasteiger partial charge in [0.2, 0.25) is 0 Å². The highest BCUT2D eigenvalue weighted by Crippen LogP contribution is 2.04. The summed E-state index contributed by atoms with van der Waals surface area (Å²) in [6.07, 6.45) is 2.69. The van der Waals surface area contributed by atoms with Crippen molar-refractivity contribution in [3.05, 3.63) is 35.9 Å². The molecule has 0 saturated carbocycles. The van der Waals surface area contributed by atoms with Crippen molar-refractivity contribution in [1.82, 2.24) is 0 Å². The minimum absolute atomic E-state index is 0.311. The van der Waals surface area contributed by atoms with E-state index in [-0.39, 0.29) is 5.97 Å². The van der Waals surface area contributed by atoms with E-state index in [9.17, 15) is 4.79 Å². The first-order chi connectivity index (χ1) is 8.27. The van der Waals surface area contributed by atoms with Crippen LogP contribution in [0.5, 0.6) is 0 Å². The number of ether oxygens (including phenoxy) is 1. The molecule has 0 aromatic heterocycles. The molecule has 0 unspecified atom stereocenters. The molecule has 0 aliphatic heterocycles. The van der Waals surface area contributed by atoms with Crippen LogP contribution in [0.3, 0.4) is 0 Å². The first-order valence-corrected chi connectivity index (χ1v) is 5.93. The molecule has 0 spiro atoms. The number of carbonyl (C=O) groups is 1. The van der Waals surface area contributed by atoms with Crippen molar-refractivity contribution in [2.75, 3.05) is 7.11 Å². The van der Waals surface area contributed by atoms with Crippen molar-refractivity contribution in [2.24, 2.45) is 4.99 Å². The number of methoxy groups -OCH3 is 1. The first kappa shape index (κ1) is 13.4. The second-order valence-corrected chi connectivity index (χ2v) is 3.84. The van der Waals surface area contributed by atoms with Gasteiger partial charge in [-0.1, -0.05) is 43.7 Å². The average Bonchev–Trinajstić information content (AvgIpc) is 2.39. The van der Waals surface area contributed by atoms with Gasteiger partial charge in [-0.3, -0.25) is 4.99 Å². The van der Waals surface area contributed by atoms with Crippen LogP contribution < -0.4 is 0 Å². The Balaban J connectivity index is 2.65. The smallest absolute Gasteiger partial charge is 0.351 e. The van der Waals surface area contributed by atoms with E-state index < -0.39 is 0 Å². The number of hydrogen-bond acceptors (Lipinski definition) is 3. The van der Waals surface area contributed by atoms with Gasteiger partial charge in [0.15, 0.2) is 0 Å². The molecule has 3 nitrogen and oxygen atoms in total. The lowest BCUT2D eigenvalue weighted by Gasteiger charge is -2.04. The fourth-order valence-corrected chi connectivity index (χ4v) is 1.48. The molecule has 0 aliphatic rings. The zero-order valence-electron chi connectivity index (χ0n) is 10.5. The third-order valence-electron chi connectivity index (χ3n) is 2.48. The lowest BCUT2D eigenvalue weighted by Crippen LogP contribution is -2.16. The van der Waals surface area contributed by atoms with Gasteiger partial charge < -0.3 is 4.74 Å². The van der Waals surface area contributed by atoms with Gasteiger partial charge in [-0.15, -0.1) is 0 Å². The van der Waals surface area contributed by atoms with E-state index in [2.05, 4.69) is 11.9 Å². The molecule has 0 heterocycles. The largest absolute Gasteiger partial charge is 0.465 e. The van der Waals surface area contributed by atoms with Gasteiger partial charge in [-0.2, -0.15) is 0 Å². The third-order valence-corrected chi connectivity index (χ3v) is 2.48. The van der Waals surface area contributed by atoms with Crippen LogP contribution in [0.25, 0.3) is 0 Å².